The van der Waals surface area contributed by atoms with E-state index in [9.17, 15) is 4.79 Å². The molecule has 3 heteroatoms. The van der Waals surface area contributed by atoms with Gasteiger partial charge in [0.25, 0.3) is 0 Å². The maximum absolute atomic E-state index is 11.6. The van der Waals surface area contributed by atoms with Gasteiger partial charge >= 0.3 is 0 Å². The number of carbonyl (C=O) groups excluding carboxylic acids is 1. The van der Waals surface area contributed by atoms with Gasteiger partial charge in [-0.15, -0.1) is 0 Å². The SMILES string of the molecule is CC1CC1C(=O)Nc1ccc(CBr)cc1. The van der Waals surface area contributed by atoms with Gasteiger partial charge in [-0.2, -0.15) is 0 Å². The molecule has 0 aliphatic heterocycles. The van der Waals surface area contributed by atoms with Gasteiger partial charge in [0.05, 0.1) is 0 Å². The Hall–Kier alpha value is -0.830. The summed E-state index contributed by atoms with van der Waals surface area (Å²) in [5.74, 6) is 0.960. The van der Waals surface area contributed by atoms with Gasteiger partial charge in [0.2, 0.25) is 5.91 Å². The molecule has 1 amide bonds. The summed E-state index contributed by atoms with van der Waals surface area (Å²) >= 11 is 3.39. The van der Waals surface area contributed by atoms with E-state index in [-0.39, 0.29) is 11.8 Å². The molecule has 15 heavy (non-hydrogen) atoms. The summed E-state index contributed by atoms with van der Waals surface area (Å²) in [5, 5.41) is 3.78. The van der Waals surface area contributed by atoms with Crippen LogP contribution in [0, 0.1) is 11.8 Å². The Morgan fingerprint density at radius 3 is 2.53 bits per heavy atom. The summed E-state index contributed by atoms with van der Waals surface area (Å²) in [6.45, 7) is 2.11. The van der Waals surface area contributed by atoms with E-state index < -0.39 is 0 Å². The zero-order chi connectivity index (χ0) is 10.8. The molecule has 2 rings (SSSR count). The predicted octanol–water partition coefficient (Wildman–Crippen LogP) is 3.18. The van der Waals surface area contributed by atoms with Gasteiger partial charge in [-0.3, -0.25) is 4.79 Å². The number of rotatable bonds is 3. The molecule has 0 heterocycles. The van der Waals surface area contributed by atoms with Crippen molar-refractivity contribution >= 4 is 27.5 Å². The third-order valence-corrected chi connectivity index (χ3v) is 3.47. The van der Waals surface area contributed by atoms with Crippen LogP contribution in [0.4, 0.5) is 5.69 Å². The predicted molar refractivity (Wildman–Crippen MR) is 65.0 cm³/mol. The van der Waals surface area contributed by atoms with Crippen LogP contribution in [-0.4, -0.2) is 5.91 Å². The van der Waals surface area contributed by atoms with E-state index in [0.29, 0.717) is 5.92 Å². The quantitative estimate of drug-likeness (QED) is 0.838. The maximum Gasteiger partial charge on any atom is 0.227 e. The molecule has 1 aliphatic rings. The fourth-order valence-corrected chi connectivity index (χ4v) is 1.97. The molecular formula is C12H14BrNO. The van der Waals surface area contributed by atoms with Crippen LogP contribution in [0.25, 0.3) is 0 Å². The van der Waals surface area contributed by atoms with Gasteiger partial charge in [0.15, 0.2) is 0 Å². The minimum absolute atomic E-state index is 0.161. The fraction of sp³-hybridized carbons (Fsp3) is 0.417. The number of carbonyl (C=O) groups is 1. The molecule has 0 spiro atoms. The summed E-state index contributed by atoms with van der Waals surface area (Å²) in [5.41, 5.74) is 2.11. The molecule has 2 atom stereocenters. The molecule has 1 aromatic carbocycles. The molecule has 2 unspecified atom stereocenters. The lowest BCUT2D eigenvalue weighted by atomic mass is 10.2. The molecule has 1 aromatic rings. The first-order valence-electron chi connectivity index (χ1n) is 5.16. The summed E-state index contributed by atoms with van der Waals surface area (Å²) in [6.07, 6.45) is 1.03. The van der Waals surface area contributed by atoms with E-state index in [1.54, 1.807) is 0 Å². The van der Waals surface area contributed by atoms with Crippen LogP contribution < -0.4 is 5.32 Å². The highest BCUT2D eigenvalue weighted by Gasteiger charge is 2.38. The number of benzene rings is 1. The second-order valence-corrected chi connectivity index (χ2v) is 4.70. The minimum atomic E-state index is 0.161. The summed E-state index contributed by atoms with van der Waals surface area (Å²) in [4.78, 5) is 11.6. The number of halogens is 1. The Kier molecular flexibility index (Phi) is 3.10. The van der Waals surface area contributed by atoms with Crippen molar-refractivity contribution in [3.05, 3.63) is 29.8 Å². The summed E-state index contributed by atoms with van der Waals surface area (Å²) in [7, 11) is 0. The Labute approximate surface area is 98.2 Å². The average Bonchev–Trinajstić information content (AvgIpc) is 2.97. The van der Waals surface area contributed by atoms with E-state index >= 15 is 0 Å². The lowest BCUT2D eigenvalue weighted by molar-refractivity contribution is -0.117. The first kappa shape index (κ1) is 10.7. The number of hydrogen-bond acceptors (Lipinski definition) is 1. The van der Waals surface area contributed by atoms with Crippen molar-refractivity contribution in [3.63, 3.8) is 0 Å². The first-order chi connectivity index (χ1) is 7.20. The van der Waals surface area contributed by atoms with Crippen LogP contribution in [0.5, 0.6) is 0 Å². The highest BCUT2D eigenvalue weighted by molar-refractivity contribution is 9.08. The van der Waals surface area contributed by atoms with E-state index in [4.69, 9.17) is 0 Å². The Balaban J connectivity index is 1.95. The maximum atomic E-state index is 11.6. The van der Waals surface area contributed by atoms with E-state index in [1.165, 1.54) is 5.56 Å². The smallest absolute Gasteiger partial charge is 0.227 e. The molecule has 1 N–H and O–H groups in total. The fourth-order valence-electron chi connectivity index (χ4n) is 1.60. The van der Waals surface area contributed by atoms with Crippen molar-refractivity contribution in [2.24, 2.45) is 11.8 Å². The Bertz CT molecular complexity index is 360. The first-order valence-corrected chi connectivity index (χ1v) is 6.28. The van der Waals surface area contributed by atoms with Crippen LogP contribution in [0.2, 0.25) is 0 Å². The molecule has 0 aromatic heterocycles. The second kappa shape index (κ2) is 4.35. The second-order valence-electron chi connectivity index (χ2n) is 4.14. The van der Waals surface area contributed by atoms with Crippen molar-refractivity contribution in [2.75, 3.05) is 5.32 Å². The van der Waals surface area contributed by atoms with Crippen LogP contribution >= 0.6 is 15.9 Å². The van der Waals surface area contributed by atoms with E-state index in [2.05, 4.69) is 28.2 Å². The summed E-state index contributed by atoms with van der Waals surface area (Å²) in [6, 6.07) is 7.92. The Morgan fingerprint density at radius 1 is 1.47 bits per heavy atom. The molecule has 80 valence electrons. The van der Waals surface area contributed by atoms with Gasteiger partial charge in [-0.1, -0.05) is 35.0 Å². The van der Waals surface area contributed by atoms with Crippen molar-refractivity contribution in [3.8, 4) is 0 Å². The zero-order valence-corrected chi connectivity index (χ0v) is 10.3. The van der Waals surface area contributed by atoms with Crippen LogP contribution in [0.1, 0.15) is 18.9 Å². The molecule has 2 nitrogen and oxygen atoms in total. The minimum Gasteiger partial charge on any atom is -0.326 e. The van der Waals surface area contributed by atoms with Gasteiger partial charge in [-0.05, 0) is 30.0 Å². The van der Waals surface area contributed by atoms with E-state index in [0.717, 1.165) is 17.4 Å². The van der Waals surface area contributed by atoms with Crippen molar-refractivity contribution in [1.29, 1.82) is 0 Å². The number of anilines is 1. The monoisotopic (exact) mass is 267 g/mol. The van der Waals surface area contributed by atoms with Crippen molar-refractivity contribution in [2.45, 2.75) is 18.7 Å². The number of amides is 1. The highest BCUT2D eigenvalue weighted by Crippen LogP contribution is 2.38. The standard InChI is InChI=1S/C12H14BrNO/c1-8-6-11(8)12(15)14-10-4-2-9(7-13)3-5-10/h2-5,8,11H,6-7H2,1H3,(H,14,15). The topological polar surface area (TPSA) is 29.1 Å². The molecule has 0 saturated heterocycles. The van der Waals surface area contributed by atoms with Crippen molar-refractivity contribution < 1.29 is 4.79 Å². The van der Waals surface area contributed by atoms with Gasteiger partial charge in [0, 0.05) is 16.9 Å². The van der Waals surface area contributed by atoms with Crippen LogP contribution in [-0.2, 0) is 10.1 Å². The van der Waals surface area contributed by atoms with E-state index in [1.807, 2.05) is 24.3 Å². The largest absolute Gasteiger partial charge is 0.326 e. The average molecular weight is 268 g/mol. The highest BCUT2D eigenvalue weighted by atomic mass is 79.9. The third-order valence-electron chi connectivity index (χ3n) is 2.82. The molecule has 0 bridgehead atoms. The number of nitrogens with one attached hydrogen (secondary N) is 1. The molecule has 0 radical (unpaired) electrons. The molecular weight excluding hydrogens is 254 g/mol. The lowest BCUT2D eigenvalue weighted by Crippen LogP contribution is -2.14. The van der Waals surface area contributed by atoms with Crippen LogP contribution in [0.3, 0.4) is 0 Å². The van der Waals surface area contributed by atoms with Crippen molar-refractivity contribution in [1.82, 2.24) is 0 Å². The van der Waals surface area contributed by atoms with Crippen LogP contribution in [0.15, 0.2) is 24.3 Å². The number of hydrogen-bond donors (Lipinski definition) is 1. The molecule has 1 fully saturated rings. The van der Waals surface area contributed by atoms with Gasteiger partial charge in [0.1, 0.15) is 0 Å². The number of alkyl halides is 1. The van der Waals surface area contributed by atoms with Gasteiger partial charge in [-0.25, -0.2) is 0 Å². The van der Waals surface area contributed by atoms with Gasteiger partial charge < -0.3 is 5.32 Å². The zero-order valence-electron chi connectivity index (χ0n) is 8.66. The molecule has 1 saturated carbocycles. The summed E-state index contributed by atoms with van der Waals surface area (Å²) < 4.78 is 0. The lowest BCUT2D eigenvalue weighted by Gasteiger charge is -2.04. The molecule has 1 aliphatic carbocycles. The Morgan fingerprint density at radius 2 is 2.07 bits per heavy atom. The normalized spacial score (nSPS) is 23.6. The third kappa shape index (κ3) is 2.59.